The minimum absolute atomic E-state index is 0.0694. The molecule has 0 radical (unpaired) electrons. The molecule has 0 bridgehead atoms. The van der Waals surface area contributed by atoms with Crippen LogP contribution in [0.15, 0.2) is 6.20 Å². The summed E-state index contributed by atoms with van der Waals surface area (Å²) in [5, 5.41) is 7.34. The van der Waals surface area contributed by atoms with Gasteiger partial charge in [0.25, 0.3) is 0 Å². The van der Waals surface area contributed by atoms with Crippen molar-refractivity contribution in [3.63, 3.8) is 0 Å². The molecular weight excluding hydrogens is 228 g/mol. The zero-order valence-corrected chi connectivity index (χ0v) is 11.1. The molecular formula is C13H22N4O. The third-order valence-corrected chi connectivity index (χ3v) is 3.80. The lowest BCUT2D eigenvalue weighted by Gasteiger charge is -2.17. The maximum absolute atomic E-state index is 12.3. The highest BCUT2D eigenvalue weighted by Crippen LogP contribution is 2.32. The van der Waals surface area contributed by atoms with Crippen LogP contribution in [0, 0.1) is 11.8 Å². The van der Waals surface area contributed by atoms with Crippen molar-refractivity contribution in [3.05, 3.63) is 11.9 Å². The topological polar surface area (TPSA) is 72.9 Å². The van der Waals surface area contributed by atoms with Crippen molar-refractivity contribution in [1.29, 1.82) is 0 Å². The van der Waals surface area contributed by atoms with Crippen LogP contribution in [0.1, 0.15) is 31.9 Å². The summed E-state index contributed by atoms with van der Waals surface area (Å²) in [6.07, 6.45) is 5.82. The summed E-state index contributed by atoms with van der Waals surface area (Å²) >= 11 is 0. The van der Waals surface area contributed by atoms with E-state index in [2.05, 4.69) is 10.4 Å². The lowest BCUT2D eigenvalue weighted by atomic mass is 9.95. The predicted octanol–water partition coefficient (Wildman–Crippen LogP) is 1.30. The maximum Gasteiger partial charge on any atom is 0.227 e. The minimum Gasteiger partial charge on any atom is -0.330 e. The number of nitrogens with one attached hydrogen (secondary N) is 1. The number of anilines is 1. The van der Waals surface area contributed by atoms with Crippen molar-refractivity contribution >= 4 is 11.6 Å². The van der Waals surface area contributed by atoms with Crippen molar-refractivity contribution in [2.45, 2.75) is 32.6 Å². The molecule has 1 heterocycles. The van der Waals surface area contributed by atoms with Crippen LogP contribution in [-0.2, 0) is 18.3 Å². The Morgan fingerprint density at radius 1 is 1.61 bits per heavy atom. The molecule has 1 aliphatic carbocycles. The van der Waals surface area contributed by atoms with Crippen molar-refractivity contribution in [2.75, 3.05) is 11.9 Å². The average Bonchev–Trinajstić information content (AvgIpc) is 2.95. The van der Waals surface area contributed by atoms with Crippen LogP contribution in [0.25, 0.3) is 0 Å². The number of carbonyl (C=O) groups is 1. The highest BCUT2D eigenvalue weighted by atomic mass is 16.1. The molecule has 18 heavy (non-hydrogen) atoms. The van der Waals surface area contributed by atoms with Crippen molar-refractivity contribution < 1.29 is 4.79 Å². The van der Waals surface area contributed by atoms with E-state index in [1.165, 1.54) is 0 Å². The van der Waals surface area contributed by atoms with E-state index < -0.39 is 0 Å². The summed E-state index contributed by atoms with van der Waals surface area (Å²) in [4.78, 5) is 12.3. The van der Waals surface area contributed by atoms with Gasteiger partial charge in [0.1, 0.15) is 0 Å². The first kappa shape index (κ1) is 13.1. The van der Waals surface area contributed by atoms with Gasteiger partial charge in [-0.2, -0.15) is 5.10 Å². The lowest BCUT2D eigenvalue weighted by Crippen LogP contribution is -2.29. The first-order valence-corrected chi connectivity index (χ1v) is 6.69. The van der Waals surface area contributed by atoms with E-state index in [0.29, 0.717) is 12.5 Å². The van der Waals surface area contributed by atoms with E-state index in [-0.39, 0.29) is 11.8 Å². The number of nitrogens with zero attached hydrogens (tertiary/aromatic N) is 2. The minimum atomic E-state index is 0.0694. The summed E-state index contributed by atoms with van der Waals surface area (Å²) in [5.74, 6) is 0.511. The van der Waals surface area contributed by atoms with Crippen LogP contribution in [0.4, 0.5) is 5.69 Å². The molecule has 0 saturated heterocycles. The van der Waals surface area contributed by atoms with E-state index in [4.69, 9.17) is 5.73 Å². The third-order valence-electron chi connectivity index (χ3n) is 3.80. The molecule has 1 aliphatic rings. The van der Waals surface area contributed by atoms with E-state index >= 15 is 0 Å². The quantitative estimate of drug-likeness (QED) is 0.846. The Balaban J connectivity index is 2.06. The highest BCUT2D eigenvalue weighted by molar-refractivity contribution is 5.93. The molecule has 0 aromatic carbocycles. The normalized spacial score (nSPS) is 23.3. The fraction of sp³-hybridized carbons (Fsp3) is 0.692. The summed E-state index contributed by atoms with van der Waals surface area (Å²) in [5.41, 5.74) is 7.50. The Labute approximate surface area is 108 Å². The molecule has 0 aliphatic heterocycles. The molecule has 100 valence electrons. The molecule has 2 unspecified atom stereocenters. The van der Waals surface area contributed by atoms with E-state index in [1.54, 1.807) is 4.68 Å². The Hall–Kier alpha value is -1.36. The smallest absolute Gasteiger partial charge is 0.227 e. The molecule has 5 nitrogen and oxygen atoms in total. The summed E-state index contributed by atoms with van der Waals surface area (Å²) < 4.78 is 1.74. The molecule has 0 spiro atoms. The number of aryl methyl sites for hydroxylation is 2. The van der Waals surface area contributed by atoms with Gasteiger partial charge in [0.15, 0.2) is 0 Å². The van der Waals surface area contributed by atoms with Gasteiger partial charge in [-0.15, -0.1) is 0 Å². The van der Waals surface area contributed by atoms with Crippen molar-refractivity contribution in [1.82, 2.24) is 9.78 Å². The van der Waals surface area contributed by atoms with Crippen LogP contribution < -0.4 is 11.1 Å². The molecule has 5 heteroatoms. The van der Waals surface area contributed by atoms with Crippen LogP contribution in [-0.4, -0.2) is 22.2 Å². The van der Waals surface area contributed by atoms with Gasteiger partial charge in [0, 0.05) is 19.2 Å². The number of rotatable bonds is 4. The molecule has 1 saturated carbocycles. The molecule has 1 fully saturated rings. The Morgan fingerprint density at radius 3 is 3.06 bits per heavy atom. The van der Waals surface area contributed by atoms with Gasteiger partial charge in [-0.1, -0.05) is 13.3 Å². The second kappa shape index (κ2) is 5.52. The van der Waals surface area contributed by atoms with Gasteiger partial charge < -0.3 is 11.1 Å². The number of amides is 1. The van der Waals surface area contributed by atoms with Crippen LogP contribution >= 0.6 is 0 Å². The fourth-order valence-electron chi connectivity index (χ4n) is 2.79. The van der Waals surface area contributed by atoms with E-state index in [0.717, 1.165) is 37.1 Å². The Kier molecular flexibility index (Phi) is 4.01. The largest absolute Gasteiger partial charge is 0.330 e. The third kappa shape index (κ3) is 2.56. The highest BCUT2D eigenvalue weighted by Gasteiger charge is 2.32. The van der Waals surface area contributed by atoms with Gasteiger partial charge in [0.05, 0.1) is 11.4 Å². The first-order valence-electron chi connectivity index (χ1n) is 6.69. The maximum atomic E-state index is 12.3. The predicted molar refractivity (Wildman–Crippen MR) is 71.1 cm³/mol. The molecule has 3 N–H and O–H groups in total. The average molecular weight is 250 g/mol. The molecule has 2 atom stereocenters. The second-order valence-corrected chi connectivity index (χ2v) is 5.04. The molecule has 2 rings (SSSR count). The van der Waals surface area contributed by atoms with Crippen molar-refractivity contribution in [3.8, 4) is 0 Å². The van der Waals surface area contributed by atoms with Crippen LogP contribution in [0.3, 0.4) is 0 Å². The first-order chi connectivity index (χ1) is 8.65. The van der Waals surface area contributed by atoms with Gasteiger partial charge >= 0.3 is 0 Å². The Morgan fingerprint density at radius 2 is 2.39 bits per heavy atom. The molecule has 1 aromatic heterocycles. The summed E-state index contributed by atoms with van der Waals surface area (Å²) in [6.45, 7) is 2.64. The van der Waals surface area contributed by atoms with E-state index in [1.807, 2.05) is 20.2 Å². The number of aromatic nitrogens is 2. The monoisotopic (exact) mass is 250 g/mol. The van der Waals surface area contributed by atoms with Crippen molar-refractivity contribution in [2.24, 2.45) is 24.6 Å². The number of hydrogen-bond donors (Lipinski definition) is 2. The molecule has 1 amide bonds. The molecule has 1 aromatic rings. The Bertz CT molecular complexity index is 427. The van der Waals surface area contributed by atoms with Gasteiger partial charge in [-0.3, -0.25) is 9.48 Å². The number of nitrogens with two attached hydrogens (primary N) is 1. The fourth-order valence-corrected chi connectivity index (χ4v) is 2.79. The second-order valence-electron chi connectivity index (χ2n) is 5.04. The zero-order valence-electron chi connectivity index (χ0n) is 11.1. The lowest BCUT2D eigenvalue weighted by molar-refractivity contribution is -0.120. The van der Waals surface area contributed by atoms with Gasteiger partial charge in [0.2, 0.25) is 5.91 Å². The summed E-state index contributed by atoms with van der Waals surface area (Å²) in [6, 6.07) is 0. The number of hydrogen-bond acceptors (Lipinski definition) is 3. The zero-order chi connectivity index (χ0) is 13.1. The van der Waals surface area contributed by atoms with Gasteiger partial charge in [-0.25, -0.2) is 0 Å². The number of carbonyl (C=O) groups excluding carboxylic acids is 1. The SMILES string of the molecule is CCc1nn(C)cc1NC(=O)C1CCCC1CN. The van der Waals surface area contributed by atoms with Gasteiger partial charge in [-0.05, 0) is 31.7 Å². The van der Waals surface area contributed by atoms with E-state index in [9.17, 15) is 4.79 Å². The van der Waals surface area contributed by atoms with Crippen LogP contribution in [0.2, 0.25) is 0 Å². The van der Waals surface area contributed by atoms with Crippen LogP contribution in [0.5, 0.6) is 0 Å². The summed E-state index contributed by atoms with van der Waals surface area (Å²) in [7, 11) is 1.87. The standard InChI is InChI=1S/C13H22N4O/c1-3-11-12(8-17(2)16-11)15-13(18)10-6-4-5-9(10)7-14/h8-10H,3-7,14H2,1-2H3,(H,15,18).